The summed E-state index contributed by atoms with van der Waals surface area (Å²) in [5.74, 6) is 0.549. The van der Waals surface area contributed by atoms with Crippen LogP contribution in [0.5, 0.6) is 5.75 Å². The largest absolute Gasteiger partial charge is 0.489 e. The number of likely N-dealkylation sites (tertiary alicyclic amines) is 1. The van der Waals surface area contributed by atoms with Crippen molar-refractivity contribution in [3.05, 3.63) is 65.4 Å². The van der Waals surface area contributed by atoms with Gasteiger partial charge in [-0.15, -0.1) is 0 Å². The molecule has 7 nitrogen and oxygen atoms in total. The van der Waals surface area contributed by atoms with Crippen LogP contribution in [0.4, 0.5) is 0 Å². The van der Waals surface area contributed by atoms with Gasteiger partial charge in [-0.2, -0.15) is 5.26 Å². The minimum atomic E-state index is -0.533. The number of rotatable bonds is 7. The summed E-state index contributed by atoms with van der Waals surface area (Å²) in [7, 11) is 0. The number of carbonyl (C=O) groups is 2. The van der Waals surface area contributed by atoms with Crippen LogP contribution in [0.2, 0.25) is 0 Å². The Morgan fingerprint density at radius 3 is 2.67 bits per heavy atom. The number of furan rings is 1. The molecule has 2 aromatic carbocycles. The molecule has 170 valence electrons. The third-order valence-electron chi connectivity index (χ3n) is 5.85. The van der Waals surface area contributed by atoms with Crippen LogP contribution < -0.4 is 4.74 Å². The third kappa shape index (κ3) is 5.17. The number of fused-ring (bicyclic) bond motifs is 1. The Morgan fingerprint density at radius 2 is 2.00 bits per heavy atom. The molecule has 33 heavy (non-hydrogen) atoms. The van der Waals surface area contributed by atoms with Crippen LogP contribution in [0.1, 0.15) is 43.1 Å². The monoisotopic (exact) mass is 446 g/mol. The van der Waals surface area contributed by atoms with Crippen molar-refractivity contribution < 1.29 is 23.5 Å². The molecule has 0 spiro atoms. The number of benzene rings is 2. The average Bonchev–Trinajstić information content (AvgIpc) is 3.44. The number of hydrogen-bond donors (Lipinski definition) is 0. The summed E-state index contributed by atoms with van der Waals surface area (Å²) in [4.78, 5) is 26.1. The van der Waals surface area contributed by atoms with Crippen LogP contribution >= 0.6 is 0 Å². The van der Waals surface area contributed by atoms with Gasteiger partial charge in [-0.3, -0.25) is 9.59 Å². The first-order chi connectivity index (χ1) is 16.0. The van der Waals surface area contributed by atoms with Gasteiger partial charge in [0.15, 0.2) is 0 Å². The highest BCUT2D eigenvalue weighted by atomic mass is 16.5. The van der Waals surface area contributed by atoms with Crippen molar-refractivity contribution in [3.8, 4) is 11.8 Å². The smallest absolute Gasteiger partial charge is 0.313 e. The Labute approximate surface area is 192 Å². The SMILES string of the molecule is CCOC(=O)C(Cc1cc2cc(C#N)ccc2o1)c1ccc(O[C@H]2CCN(C(C)=O)C2)cc1. The number of nitrogens with zero attached hydrogens (tertiary/aromatic N) is 2. The van der Waals surface area contributed by atoms with E-state index in [0.717, 1.165) is 17.4 Å². The van der Waals surface area contributed by atoms with E-state index in [1.807, 2.05) is 30.3 Å². The lowest BCUT2D eigenvalue weighted by Gasteiger charge is -2.17. The van der Waals surface area contributed by atoms with Gasteiger partial charge < -0.3 is 18.8 Å². The molecule has 1 aliphatic heterocycles. The van der Waals surface area contributed by atoms with E-state index in [1.54, 1.807) is 36.9 Å². The second kappa shape index (κ2) is 9.78. The molecule has 7 heteroatoms. The normalized spacial score (nSPS) is 16.4. The molecule has 1 amide bonds. The van der Waals surface area contributed by atoms with Gasteiger partial charge in [0.1, 0.15) is 23.2 Å². The van der Waals surface area contributed by atoms with Crippen molar-refractivity contribution in [1.29, 1.82) is 5.26 Å². The van der Waals surface area contributed by atoms with E-state index in [9.17, 15) is 9.59 Å². The van der Waals surface area contributed by atoms with E-state index < -0.39 is 5.92 Å². The summed E-state index contributed by atoms with van der Waals surface area (Å²) in [6.45, 7) is 4.93. The molecular formula is C26H26N2O5. The fourth-order valence-electron chi connectivity index (χ4n) is 4.13. The minimum absolute atomic E-state index is 0.0329. The van der Waals surface area contributed by atoms with Crippen LogP contribution in [0.3, 0.4) is 0 Å². The summed E-state index contributed by atoms with van der Waals surface area (Å²) < 4.78 is 17.3. The standard InChI is InChI=1S/C26H26N2O5/c1-3-31-26(30)24(14-23-13-20-12-18(15-27)4-9-25(20)33-23)19-5-7-21(8-6-19)32-22-10-11-28(16-22)17(2)29/h4-9,12-13,22,24H,3,10-11,14,16H2,1-2H3/t22-,24?/m0/s1. The predicted octanol–water partition coefficient (Wildman–Crippen LogP) is 4.19. The number of carbonyl (C=O) groups excluding carboxylic acids is 2. The lowest BCUT2D eigenvalue weighted by atomic mass is 9.94. The van der Waals surface area contributed by atoms with E-state index >= 15 is 0 Å². The number of nitriles is 1. The topological polar surface area (TPSA) is 92.8 Å². The Morgan fingerprint density at radius 1 is 1.21 bits per heavy atom. The second-order valence-electron chi connectivity index (χ2n) is 8.15. The van der Waals surface area contributed by atoms with Crippen LogP contribution in [0.25, 0.3) is 11.0 Å². The Bertz CT molecular complexity index is 1190. The van der Waals surface area contributed by atoms with E-state index in [4.69, 9.17) is 19.2 Å². The molecule has 1 aromatic heterocycles. The Balaban J connectivity index is 1.50. The van der Waals surface area contributed by atoms with E-state index in [0.29, 0.717) is 42.2 Å². The van der Waals surface area contributed by atoms with E-state index in [-0.39, 0.29) is 24.6 Å². The van der Waals surface area contributed by atoms with E-state index in [2.05, 4.69) is 6.07 Å². The molecule has 4 rings (SSSR count). The maximum absolute atomic E-state index is 12.8. The fraction of sp³-hybridized carbons (Fsp3) is 0.346. The molecule has 0 radical (unpaired) electrons. The highest BCUT2D eigenvalue weighted by Crippen LogP contribution is 2.29. The molecule has 0 aliphatic carbocycles. The highest BCUT2D eigenvalue weighted by molar-refractivity contribution is 5.81. The molecule has 1 aliphatic rings. The number of hydrogen-bond acceptors (Lipinski definition) is 6. The van der Waals surface area contributed by atoms with Gasteiger partial charge in [0, 0.05) is 31.7 Å². The maximum Gasteiger partial charge on any atom is 0.313 e. The molecule has 2 atom stereocenters. The van der Waals surface area contributed by atoms with Gasteiger partial charge in [0.25, 0.3) is 0 Å². The quantitative estimate of drug-likeness (QED) is 0.505. The summed E-state index contributed by atoms with van der Waals surface area (Å²) in [5, 5.41) is 9.94. The third-order valence-corrected chi connectivity index (χ3v) is 5.85. The maximum atomic E-state index is 12.8. The molecule has 0 N–H and O–H groups in total. The van der Waals surface area contributed by atoms with Gasteiger partial charge in [-0.1, -0.05) is 12.1 Å². The first-order valence-electron chi connectivity index (χ1n) is 11.1. The molecule has 0 bridgehead atoms. The zero-order valence-corrected chi connectivity index (χ0v) is 18.7. The van der Waals surface area contributed by atoms with Gasteiger partial charge in [-0.05, 0) is 48.9 Å². The van der Waals surface area contributed by atoms with Crippen LogP contribution in [0.15, 0.2) is 52.9 Å². The number of amides is 1. The van der Waals surface area contributed by atoms with Crippen LogP contribution in [-0.2, 0) is 20.7 Å². The Kier molecular flexibility index (Phi) is 6.64. The minimum Gasteiger partial charge on any atom is -0.489 e. The summed E-state index contributed by atoms with van der Waals surface area (Å²) >= 11 is 0. The summed E-state index contributed by atoms with van der Waals surface area (Å²) in [6, 6.07) is 16.6. The van der Waals surface area contributed by atoms with Gasteiger partial charge in [-0.25, -0.2) is 0 Å². The van der Waals surface area contributed by atoms with Crippen molar-refractivity contribution >= 4 is 22.8 Å². The molecule has 1 saturated heterocycles. The van der Waals surface area contributed by atoms with Crippen molar-refractivity contribution in [2.24, 2.45) is 0 Å². The molecule has 3 aromatic rings. The molecule has 1 fully saturated rings. The van der Waals surface area contributed by atoms with Gasteiger partial charge in [0.2, 0.25) is 5.91 Å². The first-order valence-corrected chi connectivity index (χ1v) is 11.1. The van der Waals surface area contributed by atoms with Gasteiger partial charge in [0.05, 0.1) is 30.7 Å². The van der Waals surface area contributed by atoms with Gasteiger partial charge >= 0.3 is 5.97 Å². The lowest BCUT2D eigenvalue weighted by molar-refractivity contribution is -0.145. The van der Waals surface area contributed by atoms with Crippen molar-refractivity contribution in [2.45, 2.75) is 38.7 Å². The van der Waals surface area contributed by atoms with Crippen LogP contribution in [-0.4, -0.2) is 42.6 Å². The summed E-state index contributed by atoms with van der Waals surface area (Å²) in [6.07, 6.45) is 1.10. The highest BCUT2D eigenvalue weighted by Gasteiger charge is 2.27. The second-order valence-corrected chi connectivity index (χ2v) is 8.15. The van der Waals surface area contributed by atoms with Crippen molar-refractivity contribution in [2.75, 3.05) is 19.7 Å². The molecule has 1 unspecified atom stereocenters. The van der Waals surface area contributed by atoms with E-state index in [1.165, 1.54) is 0 Å². The molecule has 2 heterocycles. The lowest BCUT2D eigenvalue weighted by Crippen LogP contribution is -2.28. The Hall–Kier alpha value is -3.79. The van der Waals surface area contributed by atoms with Crippen molar-refractivity contribution in [3.63, 3.8) is 0 Å². The number of ether oxygens (including phenoxy) is 2. The molecule has 0 saturated carbocycles. The average molecular weight is 447 g/mol. The zero-order chi connectivity index (χ0) is 23.4. The zero-order valence-electron chi connectivity index (χ0n) is 18.7. The van der Waals surface area contributed by atoms with Crippen molar-refractivity contribution in [1.82, 2.24) is 4.90 Å². The fourth-order valence-corrected chi connectivity index (χ4v) is 4.13. The van der Waals surface area contributed by atoms with Crippen LogP contribution in [0, 0.1) is 11.3 Å². The summed E-state index contributed by atoms with van der Waals surface area (Å²) in [5.41, 5.74) is 2.03. The molecular weight excluding hydrogens is 420 g/mol. The first kappa shape index (κ1) is 22.4. The number of esters is 1. The predicted molar refractivity (Wildman–Crippen MR) is 122 cm³/mol.